The Balaban J connectivity index is 1.74. The number of carbonyl (C=O) groups is 1. The molecule has 0 saturated heterocycles. The number of carbonyl (C=O) groups excluding carboxylic acids is 1. The number of hydrogen-bond donors (Lipinski definition) is 0. The summed E-state index contributed by atoms with van der Waals surface area (Å²) in [5.74, 6) is 3.05. The third-order valence-corrected chi connectivity index (χ3v) is 6.46. The van der Waals surface area contributed by atoms with Crippen molar-refractivity contribution in [3.63, 3.8) is 0 Å². The van der Waals surface area contributed by atoms with Gasteiger partial charge in [0, 0.05) is 18.2 Å². The molecule has 0 aliphatic carbocycles. The van der Waals surface area contributed by atoms with Crippen LogP contribution >= 0.6 is 0 Å². The van der Waals surface area contributed by atoms with Gasteiger partial charge in [0.25, 0.3) is 5.91 Å². The second-order valence-corrected chi connectivity index (χ2v) is 8.91. The molecule has 1 atom stereocenters. The van der Waals surface area contributed by atoms with Crippen molar-refractivity contribution in [3.05, 3.63) is 76.3 Å². The van der Waals surface area contributed by atoms with Crippen molar-refractivity contribution in [2.24, 2.45) is 0 Å². The Labute approximate surface area is 212 Å². The van der Waals surface area contributed by atoms with Crippen LogP contribution in [0, 0.1) is 13.8 Å². The highest BCUT2D eigenvalue weighted by Crippen LogP contribution is 2.39. The fourth-order valence-corrected chi connectivity index (χ4v) is 4.74. The van der Waals surface area contributed by atoms with E-state index in [2.05, 4.69) is 6.07 Å². The van der Waals surface area contributed by atoms with E-state index in [1.165, 1.54) is 0 Å². The maximum absolute atomic E-state index is 13.9. The molecule has 1 aliphatic heterocycles. The van der Waals surface area contributed by atoms with E-state index in [4.69, 9.17) is 23.7 Å². The molecular formula is C29H33NO6. The predicted octanol–water partition coefficient (Wildman–Crippen LogP) is 5.16. The lowest BCUT2D eigenvalue weighted by atomic mass is 9.91. The summed E-state index contributed by atoms with van der Waals surface area (Å²) in [4.78, 5) is 15.7. The molecule has 0 aromatic heterocycles. The first kappa shape index (κ1) is 25.2. The SMILES string of the molecule is COc1cc(OC)cc(C(=O)N2CCc3cc(OC)c(OC)cc3C2COc2cc(C)cc(C)c2)c1. The summed E-state index contributed by atoms with van der Waals surface area (Å²) in [6.45, 7) is 4.90. The number of rotatable bonds is 8. The lowest BCUT2D eigenvalue weighted by Gasteiger charge is -2.37. The second-order valence-electron chi connectivity index (χ2n) is 8.91. The Hall–Kier alpha value is -3.87. The molecule has 190 valence electrons. The zero-order valence-corrected chi connectivity index (χ0v) is 21.7. The highest BCUT2D eigenvalue weighted by Gasteiger charge is 2.34. The van der Waals surface area contributed by atoms with Gasteiger partial charge in [0.2, 0.25) is 0 Å². The van der Waals surface area contributed by atoms with Gasteiger partial charge >= 0.3 is 0 Å². The summed E-state index contributed by atoms with van der Waals surface area (Å²) in [5.41, 5.74) is 4.82. The van der Waals surface area contributed by atoms with Gasteiger partial charge in [-0.2, -0.15) is 0 Å². The van der Waals surface area contributed by atoms with E-state index in [0.717, 1.165) is 28.0 Å². The number of aryl methyl sites for hydroxylation is 2. The molecule has 0 N–H and O–H groups in total. The summed E-state index contributed by atoms with van der Waals surface area (Å²) in [6.07, 6.45) is 0.683. The Bertz CT molecular complexity index is 1210. The molecule has 36 heavy (non-hydrogen) atoms. The van der Waals surface area contributed by atoms with Crippen molar-refractivity contribution in [2.45, 2.75) is 26.3 Å². The Kier molecular flexibility index (Phi) is 7.58. The van der Waals surface area contributed by atoms with Crippen LogP contribution in [0.3, 0.4) is 0 Å². The van der Waals surface area contributed by atoms with E-state index in [1.54, 1.807) is 46.6 Å². The topological polar surface area (TPSA) is 66.5 Å². The van der Waals surface area contributed by atoms with Crippen molar-refractivity contribution in [3.8, 4) is 28.7 Å². The first-order chi connectivity index (χ1) is 17.4. The van der Waals surface area contributed by atoms with Crippen LogP contribution in [0.5, 0.6) is 28.7 Å². The molecule has 4 rings (SSSR count). The van der Waals surface area contributed by atoms with Crippen LogP contribution in [-0.2, 0) is 6.42 Å². The minimum absolute atomic E-state index is 0.123. The van der Waals surface area contributed by atoms with E-state index in [1.807, 2.05) is 43.0 Å². The van der Waals surface area contributed by atoms with Gasteiger partial charge in [0.1, 0.15) is 23.9 Å². The highest BCUT2D eigenvalue weighted by molar-refractivity contribution is 5.95. The Morgan fingerprint density at radius 1 is 0.778 bits per heavy atom. The fourth-order valence-electron chi connectivity index (χ4n) is 4.74. The largest absolute Gasteiger partial charge is 0.497 e. The van der Waals surface area contributed by atoms with Gasteiger partial charge < -0.3 is 28.6 Å². The minimum atomic E-state index is -0.334. The molecule has 0 bridgehead atoms. The number of ether oxygens (including phenoxy) is 5. The number of amides is 1. The quantitative estimate of drug-likeness (QED) is 0.434. The molecule has 7 nitrogen and oxygen atoms in total. The van der Waals surface area contributed by atoms with Crippen LogP contribution < -0.4 is 23.7 Å². The first-order valence-corrected chi connectivity index (χ1v) is 11.9. The third kappa shape index (κ3) is 5.20. The summed E-state index contributed by atoms with van der Waals surface area (Å²) < 4.78 is 28.2. The number of fused-ring (bicyclic) bond motifs is 1. The number of methoxy groups -OCH3 is 4. The van der Waals surface area contributed by atoms with Gasteiger partial charge in [-0.1, -0.05) is 6.07 Å². The minimum Gasteiger partial charge on any atom is -0.497 e. The van der Waals surface area contributed by atoms with Crippen molar-refractivity contribution in [1.82, 2.24) is 4.90 Å². The number of hydrogen-bond acceptors (Lipinski definition) is 6. The van der Waals surface area contributed by atoms with Gasteiger partial charge in [-0.15, -0.1) is 0 Å². The molecule has 0 fully saturated rings. The van der Waals surface area contributed by atoms with Crippen LogP contribution in [0.2, 0.25) is 0 Å². The van der Waals surface area contributed by atoms with Gasteiger partial charge in [-0.3, -0.25) is 4.79 Å². The van der Waals surface area contributed by atoms with Gasteiger partial charge in [0.05, 0.1) is 34.5 Å². The first-order valence-electron chi connectivity index (χ1n) is 11.9. The maximum atomic E-state index is 13.9. The normalized spacial score (nSPS) is 14.6. The van der Waals surface area contributed by atoms with Gasteiger partial charge in [-0.05, 0) is 78.9 Å². The standard InChI is InChI=1S/C29H33NO6/c1-18-9-19(2)11-24(10-18)36-17-26-25-16-28(35-6)27(34-5)14-20(25)7-8-30(26)29(31)21-12-22(32-3)15-23(13-21)33-4/h9-16,26H,7-8,17H2,1-6H3. The highest BCUT2D eigenvalue weighted by atomic mass is 16.5. The third-order valence-electron chi connectivity index (χ3n) is 6.46. The summed E-state index contributed by atoms with van der Waals surface area (Å²) in [5, 5.41) is 0. The molecule has 0 spiro atoms. The van der Waals surface area contributed by atoms with Gasteiger partial charge in [-0.25, -0.2) is 0 Å². The van der Waals surface area contributed by atoms with Crippen LogP contribution in [-0.4, -0.2) is 52.4 Å². The van der Waals surface area contributed by atoms with Crippen molar-refractivity contribution < 1.29 is 28.5 Å². The Morgan fingerprint density at radius 2 is 1.39 bits per heavy atom. The second kappa shape index (κ2) is 10.8. The zero-order valence-electron chi connectivity index (χ0n) is 21.7. The maximum Gasteiger partial charge on any atom is 0.254 e. The lowest BCUT2D eigenvalue weighted by molar-refractivity contribution is 0.0588. The van der Waals surface area contributed by atoms with Crippen molar-refractivity contribution >= 4 is 5.91 Å². The Morgan fingerprint density at radius 3 is 1.97 bits per heavy atom. The molecule has 3 aromatic carbocycles. The van der Waals surface area contributed by atoms with E-state index >= 15 is 0 Å². The zero-order chi connectivity index (χ0) is 25.8. The van der Waals surface area contributed by atoms with E-state index in [0.29, 0.717) is 41.5 Å². The molecule has 0 saturated carbocycles. The van der Waals surface area contributed by atoms with E-state index in [-0.39, 0.29) is 18.6 Å². The average molecular weight is 492 g/mol. The van der Waals surface area contributed by atoms with E-state index < -0.39 is 0 Å². The van der Waals surface area contributed by atoms with Crippen LogP contribution in [0.25, 0.3) is 0 Å². The average Bonchev–Trinajstić information content (AvgIpc) is 2.89. The molecule has 7 heteroatoms. The molecule has 1 aliphatic rings. The molecule has 1 unspecified atom stereocenters. The molecule has 3 aromatic rings. The smallest absolute Gasteiger partial charge is 0.254 e. The van der Waals surface area contributed by atoms with Crippen LogP contribution in [0.15, 0.2) is 48.5 Å². The molecule has 0 radical (unpaired) electrons. The number of benzene rings is 3. The monoisotopic (exact) mass is 491 g/mol. The molecule has 1 heterocycles. The number of nitrogens with zero attached hydrogens (tertiary/aromatic N) is 1. The van der Waals surface area contributed by atoms with Crippen molar-refractivity contribution in [1.29, 1.82) is 0 Å². The fraction of sp³-hybridized carbons (Fsp3) is 0.345. The lowest BCUT2D eigenvalue weighted by Crippen LogP contribution is -2.42. The van der Waals surface area contributed by atoms with E-state index in [9.17, 15) is 4.79 Å². The van der Waals surface area contributed by atoms with Crippen LogP contribution in [0.4, 0.5) is 0 Å². The van der Waals surface area contributed by atoms with Crippen LogP contribution in [0.1, 0.15) is 38.7 Å². The van der Waals surface area contributed by atoms with Gasteiger partial charge in [0.15, 0.2) is 11.5 Å². The summed E-state index contributed by atoms with van der Waals surface area (Å²) in [7, 11) is 6.37. The summed E-state index contributed by atoms with van der Waals surface area (Å²) in [6, 6.07) is 14.9. The molecular weight excluding hydrogens is 458 g/mol. The van der Waals surface area contributed by atoms with Crippen molar-refractivity contribution in [2.75, 3.05) is 41.6 Å². The summed E-state index contributed by atoms with van der Waals surface area (Å²) >= 11 is 0. The predicted molar refractivity (Wildman–Crippen MR) is 138 cm³/mol. The molecule has 1 amide bonds.